The lowest BCUT2D eigenvalue weighted by molar-refractivity contribution is -0.146. The van der Waals surface area contributed by atoms with Crippen molar-refractivity contribution in [2.75, 3.05) is 0 Å². The maximum absolute atomic E-state index is 5.72. The van der Waals surface area contributed by atoms with E-state index in [0.717, 1.165) is 0 Å². The smallest absolute Gasteiger partial charge is 0.164 e. The Morgan fingerprint density at radius 3 is 2.75 bits per heavy atom. The minimum absolute atomic E-state index is 0.128. The van der Waals surface area contributed by atoms with E-state index in [9.17, 15) is 0 Å². The second kappa shape index (κ2) is 2.44. The molecule has 0 aromatic rings. The summed E-state index contributed by atoms with van der Waals surface area (Å²) in [4.78, 5) is 0. The zero-order chi connectivity index (χ0) is 8.77. The van der Waals surface area contributed by atoms with Crippen LogP contribution in [0.25, 0.3) is 0 Å². The van der Waals surface area contributed by atoms with E-state index >= 15 is 0 Å². The summed E-state index contributed by atoms with van der Waals surface area (Å²) < 4.78 is 11.4. The molecule has 3 atom stereocenters. The number of hydrogen-bond donors (Lipinski definition) is 0. The summed E-state index contributed by atoms with van der Waals surface area (Å²) >= 11 is 0. The Balaban J connectivity index is 2.16. The summed E-state index contributed by atoms with van der Waals surface area (Å²) in [6.45, 7) is 7.65. The van der Waals surface area contributed by atoms with E-state index in [0.29, 0.717) is 5.92 Å². The summed E-state index contributed by atoms with van der Waals surface area (Å²) in [5, 5.41) is 0. The SMILES string of the molecule is C=C[C@@H]1C=CC2OC(C)(C)O[C@@H]21. The number of ether oxygens (including phenoxy) is 2. The standard InChI is InChI=1S/C10H14O2/c1-4-7-5-6-8-9(7)12-10(2,3)11-8/h4-9H,1H2,2-3H3/t7-,8?,9-/m1/s1. The highest BCUT2D eigenvalue weighted by atomic mass is 16.8. The van der Waals surface area contributed by atoms with Crippen LogP contribution in [0, 0.1) is 5.92 Å². The monoisotopic (exact) mass is 166 g/mol. The van der Waals surface area contributed by atoms with Crippen LogP contribution in [0.1, 0.15) is 13.8 Å². The maximum Gasteiger partial charge on any atom is 0.164 e. The van der Waals surface area contributed by atoms with Gasteiger partial charge in [0.1, 0.15) is 12.2 Å². The Morgan fingerprint density at radius 1 is 1.33 bits per heavy atom. The third-order valence-corrected chi connectivity index (χ3v) is 2.34. The molecule has 1 unspecified atom stereocenters. The van der Waals surface area contributed by atoms with Crippen molar-refractivity contribution in [1.29, 1.82) is 0 Å². The first kappa shape index (κ1) is 8.02. The molecule has 66 valence electrons. The van der Waals surface area contributed by atoms with Gasteiger partial charge in [0, 0.05) is 5.92 Å². The van der Waals surface area contributed by atoms with Crippen molar-refractivity contribution < 1.29 is 9.47 Å². The second-order valence-corrected chi connectivity index (χ2v) is 3.76. The third kappa shape index (κ3) is 1.11. The average Bonchev–Trinajstić information content (AvgIpc) is 2.42. The molecule has 1 aliphatic carbocycles. The summed E-state index contributed by atoms with van der Waals surface area (Å²) in [5.74, 6) is -0.113. The lowest BCUT2D eigenvalue weighted by atomic mass is 10.1. The molecule has 0 saturated carbocycles. The average molecular weight is 166 g/mol. The fourth-order valence-electron chi connectivity index (χ4n) is 1.82. The van der Waals surface area contributed by atoms with E-state index in [1.165, 1.54) is 0 Å². The van der Waals surface area contributed by atoms with E-state index < -0.39 is 5.79 Å². The fraction of sp³-hybridized carbons (Fsp3) is 0.600. The molecular weight excluding hydrogens is 152 g/mol. The first-order valence-electron chi connectivity index (χ1n) is 4.29. The van der Waals surface area contributed by atoms with E-state index in [1.54, 1.807) is 0 Å². The molecule has 0 N–H and O–H groups in total. The van der Waals surface area contributed by atoms with Crippen molar-refractivity contribution in [1.82, 2.24) is 0 Å². The van der Waals surface area contributed by atoms with Crippen LogP contribution in [-0.4, -0.2) is 18.0 Å². The highest BCUT2D eigenvalue weighted by molar-refractivity contribution is 5.16. The lowest BCUT2D eigenvalue weighted by Crippen LogP contribution is -2.24. The van der Waals surface area contributed by atoms with Gasteiger partial charge in [0.25, 0.3) is 0 Å². The predicted octanol–water partition coefficient (Wildman–Crippen LogP) is 1.88. The van der Waals surface area contributed by atoms with Crippen molar-refractivity contribution in [2.45, 2.75) is 31.8 Å². The van der Waals surface area contributed by atoms with Crippen LogP contribution in [0.15, 0.2) is 24.8 Å². The Morgan fingerprint density at radius 2 is 2.08 bits per heavy atom. The Kier molecular flexibility index (Phi) is 1.63. The molecule has 2 rings (SSSR count). The van der Waals surface area contributed by atoms with Crippen LogP contribution in [-0.2, 0) is 9.47 Å². The van der Waals surface area contributed by atoms with Crippen LogP contribution >= 0.6 is 0 Å². The van der Waals surface area contributed by atoms with Crippen molar-refractivity contribution in [3.8, 4) is 0 Å². The first-order chi connectivity index (χ1) is 5.62. The van der Waals surface area contributed by atoms with Gasteiger partial charge in [-0.3, -0.25) is 0 Å². The summed E-state index contributed by atoms with van der Waals surface area (Å²) in [6.07, 6.45) is 6.34. The normalized spacial score (nSPS) is 43.0. The summed E-state index contributed by atoms with van der Waals surface area (Å²) in [6, 6.07) is 0. The van der Waals surface area contributed by atoms with Gasteiger partial charge in [-0.05, 0) is 13.8 Å². The zero-order valence-electron chi connectivity index (χ0n) is 7.49. The van der Waals surface area contributed by atoms with E-state index in [1.807, 2.05) is 19.9 Å². The highest BCUT2D eigenvalue weighted by Gasteiger charge is 2.45. The Labute approximate surface area is 72.9 Å². The Bertz CT molecular complexity index is 230. The minimum Gasteiger partial charge on any atom is -0.343 e. The molecule has 0 spiro atoms. The van der Waals surface area contributed by atoms with Crippen LogP contribution in [0.4, 0.5) is 0 Å². The zero-order valence-corrected chi connectivity index (χ0v) is 7.49. The largest absolute Gasteiger partial charge is 0.343 e. The van der Waals surface area contributed by atoms with Gasteiger partial charge in [-0.15, -0.1) is 6.58 Å². The summed E-state index contributed by atoms with van der Waals surface area (Å²) in [5.41, 5.74) is 0. The van der Waals surface area contributed by atoms with Gasteiger partial charge in [0.2, 0.25) is 0 Å². The molecule has 1 saturated heterocycles. The van der Waals surface area contributed by atoms with E-state index in [2.05, 4.69) is 18.7 Å². The molecule has 2 heteroatoms. The van der Waals surface area contributed by atoms with Gasteiger partial charge in [-0.2, -0.15) is 0 Å². The quantitative estimate of drug-likeness (QED) is 0.554. The molecule has 2 nitrogen and oxygen atoms in total. The van der Waals surface area contributed by atoms with Crippen molar-refractivity contribution in [3.63, 3.8) is 0 Å². The van der Waals surface area contributed by atoms with Crippen LogP contribution in [0.3, 0.4) is 0 Å². The lowest BCUT2D eigenvalue weighted by Gasteiger charge is -2.18. The predicted molar refractivity (Wildman–Crippen MR) is 46.7 cm³/mol. The third-order valence-electron chi connectivity index (χ3n) is 2.34. The Hall–Kier alpha value is -0.600. The minimum atomic E-state index is -0.429. The topological polar surface area (TPSA) is 18.5 Å². The molecular formula is C10H14O2. The maximum atomic E-state index is 5.72. The second-order valence-electron chi connectivity index (χ2n) is 3.76. The van der Waals surface area contributed by atoms with Crippen LogP contribution in [0.5, 0.6) is 0 Å². The van der Waals surface area contributed by atoms with Crippen molar-refractivity contribution in [2.24, 2.45) is 5.92 Å². The molecule has 2 aliphatic rings. The van der Waals surface area contributed by atoms with Crippen LogP contribution in [0.2, 0.25) is 0 Å². The van der Waals surface area contributed by atoms with Gasteiger partial charge in [0.05, 0.1) is 0 Å². The van der Waals surface area contributed by atoms with E-state index in [4.69, 9.17) is 9.47 Å². The molecule has 1 fully saturated rings. The number of hydrogen-bond acceptors (Lipinski definition) is 2. The molecule has 1 aliphatic heterocycles. The van der Waals surface area contributed by atoms with Crippen molar-refractivity contribution >= 4 is 0 Å². The highest BCUT2D eigenvalue weighted by Crippen LogP contribution is 2.37. The van der Waals surface area contributed by atoms with Gasteiger partial charge in [-0.25, -0.2) is 0 Å². The fourth-order valence-corrected chi connectivity index (χ4v) is 1.82. The molecule has 0 radical (unpaired) electrons. The molecule has 0 bridgehead atoms. The van der Waals surface area contributed by atoms with Gasteiger partial charge < -0.3 is 9.47 Å². The first-order valence-corrected chi connectivity index (χ1v) is 4.29. The molecule has 1 heterocycles. The summed E-state index contributed by atoms with van der Waals surface area (Å²) in [7, 11) is 0. The number of fused-ring (bicyclic) bond motifs is 1. The van der Waals surface area contributed by atoms with Gasteiger partial charge in [-0.1, -0.05) is 18.2 Å². The van der Waals surface area contributed by atoms with Crippen molar-refractivity contribution in [3.05, 3.63) is 24.8 Å². The van der Waals surface area contributed by atoms with E-state index in [-0.39, 0.29) is 12.2 Å². The van der Waals surface area contributed by atoms with Crippen LogP contribution < -0.4 is 0 Å². The molecule has 12 heavy (non-hydrogen) atoms. The molecule has 0 aromatic heterocycles. The van der Waals surface area contributed by atoms with Gasteiger partial charge in [0.15, 0.2) is 5.79 Å². The molecule has 0 aromatic carbocycles. The van der Waals surface area contributed by atoms with Gasteiger partial charge >= 0.3 is 0 Å². The number of rotatable bonds is 1. The molecule has 0 amide bonds.